The number of carboxylic acid groups (broad SMARTS) is 1. The zero-order valence-electron chi connectivity index (χ0n) is 10.4. The summed E-state index contributed by atoms with van der Waals surface area (Å²) in [5, 5.41) is 8.79. The van der Waals surface area contributed by atoms with Gasteiger partial charge in [-0.25, -0.2) is 0 Å². The normalized spacial score (nSPS) is 10.2. The topological polar surface area (TPSA) is 75.4 Å². The van der Waals surface area contributed by atoms with Crippen molar-refractivity contribution < 1.29 is 14.7 Å². The molecular formula is C13H13N3O3. The van der Waals surface area contributed by atoms with E-state index < -0.39 is 5.97 Å². The van der Waals surface area contributed by atoms with Crippen molar-refractivity contribution >= 4 is 17.6 Å². The molecule has 6 nitrogen and oxygen atoms in total. The number of aliphatic carboxylic acids is 1. The molecule has 2 heterocycles. The second kappa shape index (κ2) is 5.34. The van der Waals surface area contributed by atoms with Gasteiger partial charge in [0.2, 0.25) is 0 Å². The number of amides is 1. The maximum absolute atomic E-state index is 12.3. The summed E-state index contributed by atoms with van der Waals surface area (Å²) < 4.78 is 1.40. The van der Waals surface area contributed by atoms with Gasteiger partial charge >= 0.3 is 5.97 Å². The summed E-state index contributed by atoms with van der Waals surface area (Å²) >= 11 is 0. The highest BCUT2D eigenvalue weighted by molar-refractivity contribution is 6.04. The van der Waals surface area contributed by atoms with Crippen LogP contribution in [0.4, 0.5) is 5.69 Å². The third-order valence-electron chi connectivity index (χ3n) is 2.69. The number of hydrogen-bond donors (Lipinski definition) is 1. The molecule has 2 rings (SSSR count). The maximum atomic E-state index is 12.3. The molecule has 0 aliphatic rings. The Kier molecular flexibility index (Phi) is 3.61. The van der Waals surface area contributed by atoms with Crippen molar-refractivity contribution in [3.63, 3.8) is 0 Å². The van der Waals surface area contributed by atoms with E-state index in [0.29, 0.717) is 11.4 Å². The number of hydrogen-bond acceptors (Lipinski definition) is 3. The first kappa shape index (κ1) is 12.8. The van der Waals surface area contributed by atoms with Gasteiger partial charge in [-0.1, -0.05) is 0 Å². The standard InChI is InChI=1S/C13H13N3O3/c1-15(10-4-2-6-14-8-10)13(19)11-5-3-7-16(11)9-12(17)18/h2-8H,9H2,1H3,(H,17,18). The van der Waals surface area contributed by atoms with Crippen molar-refractivity contribution in [2.45, 2.75) is 6.54 Å². The number of carbonyl (C=O) groups excluding carboxylic acids is 1. The highest BCUT2D eigenvalue weighted by Gasteiger charge is 2.17. The predicted molar refractivity (Wildman–Crippen MR) is 69.0 cm³/mol. The molecule has 0 saturated carbocycles. The van der Waals surface area contributed by atoms with Gasteiger partial charge in [-0.15, -0.1) is 0 Å². The van der Waals surface area contributed by atoms with Gasteiger partial charge in [-0.05, 0) is 24.3 Å². The molecule has 6 heteroatoms. The summed E-state index contributed by atoms with van der Waals surface area (Å²) in [6.07, 6.45) is 4.76. The second-order valence-corrected chi connectivity index (χ2v) is 3.99. The number of aromatic nitrogens is 2. The minimum atomic E-state index is -0.991. The monoisotopic (exact) mass is 259 g/mol. The summed E-state index contributed by atoms with van der Waals surface area (Å²) in [4.78, 5) is 28.4. The minimum Gasteiger partial charge on any atom is -0.480 e. The minimum absolute atomic E-state index is 0.241. The van der Waals surface area contributed by atoms with Crippen LogP contribution in [0.25, 0.3) is 0 Å². The Balaban J connectivity index is 2.25. The summed E-state index contributed by atoms with van der Waals surface area (Å²) in [6.45, 7) is -0.241. The van der Waals surface area contributed by atoms with Crippen LogP contribution in [-0.2, 0) is 11.3 Å². The first-order valence-electron chi connectivity index (χ1n) is 5.64. The molecule has 0 unspecified atom stereocenters. The van der Waals surface area contributed by atoms with E-state index in [2.05, 4.69) is 4.98 Å². The molecule has 2 aromatic rings. The van der Waals surface area contributed by atoms with Crippen molar-refractivity contribution in [1.29, 1.82) is 0 Å². The highest BCUT2D eigenvalue weighted by atomic mass is 16.4. The molecule has 2 aromatic heterocycles. The lowest BCUT2D eigenvalue weighted by Gasteiger charge is -2.17. The lowest BCUT2D eigenvalue weighted by Crippen LogP contribution is -2.29. The van der Waals surface area contributed by atoms with E-state index in [1.165, 1.54) is 9.47 Å². The lowest BCUT2D eigenvalue weighted by atomic mass is 10.3. The Morgan fingerprint density at radius 1 is 1.37 bits per heavy atom. The Morgan fingerprint density at radius 3 is 2.79 bits per heavy atom. The van der Waals surface area contributed by atoms with Gasteiger partial charge in [0.15, 0.2) is 0 Å². The van der Waals surface area contributed by atoms with Crippen molar-refractivity contribution in [1.82, 2.24) is 9.55 Å². The summed E-state index contributed by atoms with van der Waals surface area (Å²) in [5.41, 5.74) is 0.976. The van der Waals surface area contributed by atoms with Crippen LogP contribution in [0.15, 0.2) is 42.9 Å². The molecule has 0 aromatic carbocycles. The van der Waals surface area contributed by atoms with Crippen LogP contribution in [0.3, 0.4) is 0 Å². The molecule has 98 valence electrons. The quantitative estimate of drug-likeness (QED) is 0.896. The molecule has 0 fully saturated rings. The summed E-state index contributed by atoms with van der Waals surface area (Å²) in [6, 6.07) is 6.73. The molecular weight excluding hydrogens is 246 g/mol. The molecule has 0 aliphatic carbocycles. The van der Waals surface area contributed by atoms with Gasteiger partial charge in [0.05, 0.1) is 11.9 Å². The number of pyridine rings is 1. The van der Waals surface area contributed by atoms with Gasteiger partial charge in [0.25, 0.3) is 5.91 Å². The van der Waals surface area contributed by atoms with Gasteiger partial charge in [-0.2, -0.15) is 0 Å². The number of carboxylic acids is 1. The van der Waals surface area contributed by atoms with Crippen LogP contribution in [0.1, 0.15) is 10.5 Å². The Hall–Kier alpha value is -2.63. The number of nitrogens with zero attached hydrogens (tertiary/aromatic N) is 3. The summed E-state index contributed by atoms with van der Waals surface area (Å²) in [7, 11) is 1.62. The van der Waals surface area contributed by atoms with Gasteiger partial charge in [0.1, 0.15) is 12.2 Å². The average Bonchev–Trinajstić information content (AvgIpc) is 2.85. The fraction of sp³-hybridized carbons (Fsp3) is 0.154. The van der Waals surface area contributed by atoms with Crippen molar-refractivity contribution in [2.75, 3.05) is 11.9 Å². The van der Waals surface area contributed by atoms with Crippen LogP contribution in [0.5, 0.6) is 0 Å². The highest BCUT2D eigenvalue weighted by Crippen LogP contribution is 2.14. The maximum Gasteiger partial charge on any atom is 0.323 e. The van der Waals surface area contributed by atoms with E-state index in [1.807, 2.05) is 0 Å². The fourth-order valence-electron chi connectivity index (χ4n) is 1.73. The Bertz CT molecular complexity index is 592. The smallest absolute Gasteiger partial charge is 0.323 e. The largest absolute Gasteiger partial charge is 0.480 e. The molecule has 19 heavy (non-hydrogen) atoms. The van der Waals surface area contributed by atoms with Gasteiger partial charge in [0, 0.05) is 19.4 Å². The first-order valence-corrected chi connectivity index (χ1v) is 5.64. The van der Waals surface area contributed by atoms with Crippen LogP contribution >= 0.6 is 0 Å². The van der Waals surface area contributed by atoms with E-state index >= 15 is 0 Å². The zero-order chi connectivity index (χ0) is 13.8. The van der Waals surface area contributed by atoms with Crippen molar-refractivity contribution in [3.8, 4) is 0 Å². The van der Waals surface area contributed by atoms with Crippen LogP contribution < -0.4 is 4.90 Å². The average molecular weight is 259 g/mol. The third kappa shape index (κ3) is 2.79. The van der Waals surface area contributed by atoms with Crippen LogP contribution in [0.2, 0.25) is 0 Å². The van der Waals surface area contributed by atoms with E-state index in [0.717, 1.165) is 0 Å². The molecule has 1 amide bonds. The van der Waals surface area contributed by atoms with E-state index in [4.69, 9.17) is 5.11 Å². The van der Waals surface area contributed by atoms with Crippen molar-refractivity contribution in [2.24, 2.45) is 0 Å². The van der Waals surface area contributed by atoms with E-state index in [-0.39, 0.29) is 12.5 Å². The van der Waals surface area contributed by atoms with Crippen LogP contribution in [0, 0.1) is 0 Å². The molecule has 0 spiro atoms. The molecule has 0 saturated heterocycles. The SMILES string of the molecule is CN(C(=O)c1cccn1CC(=O)O)c1cccnc1. The lowest BCUT2D eigenvalue weighted by molar-refractivity contribution is -0.137. The zero-order valence-corrected chi connectivity index (χ0v) is 10.4. The number of rotatable bonds is 4. The number of anilines is 1. The molecule has 0 atom stereocenters. The molecule has 0 aliphatic heterocycles. The number of carbonyl (C=O) groups is 2. The van der Waals surface area contributed by atoms with Crippen LogP contribution in [-0.4, -0.2) is 33.6 Å². The van der Waals surface area contributed by atoms with E-state index in [1.54, 1.807) is 49.9 Å². The van der Waals surface area contributed by atoms with Crippen molar-refractivity contribution in [3.05, 3.63) is 48.5 Å². The van der Waals surface area contributed by atoms with Gasteiger partial charge < -0.3 is 14.6 Å². The predicted octanol–water partition coefficient (Wildman–Crippen LogP) is 1.24. The van der Waals surface area contributed by atoms with E-state index in [9.17, 15) is 9.59 Å². The summed E-state index contributed by atoms with van der Waals surface area (Å²) in [5.74, 6) is -1.27. The Labute approximate surface area is 109 Å². The second-order valence-electron chi connectivity index (χ2n) is 3.99. The fourth-order valence-corrected chi connectivity index (χ4v) is 1.73. The van der Waals surface area contributed by atoms with Gasteiger partial charge in [-0.3, -0.25) is 14.6 Å². The molecule has 0 radical (unpaired) electrons. The first-order chi connectivity index (χ1) is 9.09. The third-order valence-corrected chi connectivity index (χ3v) is 2.69. The Morgan fingerprint density at radius 2 is 2.16 bits per heavy atom. The molecule has 1 N–H and O–H groups in total. The molecule has 0 bridgehead atoms.